The number of aromatic nitrogens is 1. The highest BCUT2D eigenvalue weighted by molar-refractivity contribution is 7.98. The molecule has 7 nitrogen and oxygen atoms in total. The molecule has 0 spiro atoms. The third kappa shape index (κ3) is 7.01. The lowest BCUT2D eigenvalue weighted by molar-refractivity contribution is -0.118. The molecule has 32 heavy (non-hydrogen) atoms. The molecule has 3 rings (SSSR count). The molecular weight excluding hydrogens is 466 g/mol. The van der Waals surface area contributed by atoms with E-state index >= 15 is 0 Å². The van der Waals surface area contributed by atoms with Crippen molar-refractivity contribution in [2.45, 2.75) is 37.0 Å². The Bertz CT molecular complexity index is 1220. The number of carbonyl (C=O) groups excluding carboxylic acids is 1. The van der Waals surface area contributed by atoms with Crippen molar-refractivity contribution in [1.82, 2.24) is 4.57 Å². The molecule has 1 aromatic heterocycles. The minimum atomic E-state index is -3.81. The van der Waals surface area contributed by atoms with E-state index in [4.69, 9.17) is 9.88 Å². The van der Waals surface area contributed by atoms with E-state index < -0.39 is 10.0 Å². The molecule has 0 aliphatic rings. The van der Waals surface area contributed by atoms with Crippen molar-refractivity contribution in [2.75, 3.05) is 19.0 Å². The molecule has 0 saturated carbocycles. The Morgan fingerprint density at radius 1 is 1.22 bits per heavy atom. The van der Waals surface area contributed by atoms with Gasteiger partial charge in [0.1, 0.15) is 0 Å². The van der Waals surface area contributed by atoms with Gasteiger partial charge in [-0.1, -0.05) is 41.7 Å². The first-order valence-electron chi connectivity index (χ1n) is 10.3. The van der Waals surface area contributed by atoms with Gasteiger partial charge in [-0.2, -0.15) is 16.8 Å². The van der Waals surface area contributed by atoms with Gasteiger partial charge in [0.25, 0.3) is 0 Å². The second kappa shape index (κ2) is 11.8. The van der Waals surface area contributed by atoms with Crippen LogP contribution in [0.4, 0.5) is 0 Å². The Kier molecular flexibility index (Phi) is 9.06. The lowest BCUT2D eigenvalue weighted by atomic mass is 10.2. The second-order valence-corrected chi connectivity index (χ2v) is 10.7. The molecule has 2 aromatic carbocycles. The first-order chi connectivity index (χ1) is 15.4. The predicted molar refractivity (Wildman–Crippen MR) is 130 cm³/mol. The van der Waals surface area contributed by atoms with E-state index in [-0.39, 0.29) is 10.8 Å². The number of rotatable bonds is 11. The van der Waals surface area contributed by atoms with Crippen molar-refractivity contribution in [1.29, 1.82) is 0 Å². The molecule has 0 radical (unpaired) electrons. The van der Waals surface area contributed by atoms with E-state index in [1.165, 1.54) is 29.0 Å². The average Bonchev–Trinajstić information content (AvgIpc) is 3.10. The third-order valence-corrected chi connectivity index (χ3v) is 7.72. The van der Waals surface area contributed by atoms with Crippen LogP contribution in [0.3, 0.4) is 0 Å². The van der Waals surface area contributed by atoms with Crippen LogP contribution in [0.1, 0.15) is 25.3 Å². The van der Waals surface area contributed by atoms with Crippen molar-refractivity contribution >= 4 is 49.2 Å². The maximum Gasteiger partial charge on any atom is 0.248 e. The summed E-state index contributed by atoms with van der Waals surface area (Å²) < 4.78 is 31.5. The topological polar surface area (TPSA) is 104 Å². The van der Waals surface area contributed by atoms with Gasteiger partial charge in [0.2, 0.25) is 15.9 Å². The predicted octanol–water partition coefficient (Wildman–Crippen LogP) is 3.53. The maximum absolute atomic E-state index is 12.5. The number of hydrogen-bond acceptors (Lipinski definition) is 6. The summed E-state index contributed by atoms with van der Waals surface area (Å²) in [6.45, 7) is 3.49. The number of thioether (sulfide) groups is 1. The van der Waals surface area contributed by atoms with Crippen LogP contribution >= 0.6 is 23.1 Å². The summed E-state index contributed by atoms with van der Waals surface area (Å²) in [6.07, 6.45) is 1.11. The number of ether oxygens (including phenoxy) is 1. The summed E-state index contributed by atoms with van der Waals surface area (Å²) in [6, 6.07) is 14.9. The van der Waals surface area contributed by atoms with Crippen molar-refractivity contribution in [2.24, 2.45) is 10.1 Å². The lowest BCUT2D eigenvalue weighted by Gasteiger charge is -2.06. The molecule has 0 aliphatic carbocycles. The van der Waals surface area contributed by atoms with Gasteiger partial charge in [-0.05, 0) is 42.9 Å². The van der Waals surface area contributed by atoms with Gasteiger partial charge in [-0.15, -0.1) is 0 Å². The zero-order chi connectivity index (χ0) is 23.0. The van der Waals surface area contributed by atoms with Gasteiger partial charge in [0.05, 0.1) is 21.7 Å². The number of hydrogen-bond donors (Lipinski definition) is 1. The molecule has 10 heteroatoms. The van der Waals surface area contributed by atoms with Crippen molar-refractivity contribution < 1.29 is 17.9 Å². The van der Waals surface area contributed by atoms with Gasteiger partial charge in [0, 0.05) is 25.3 Å². The summed E-state index contributed by atoms with van der Waals surface area (Å²) in [4.78, 5) is 17.4. The Morgan fingerprint density at radius 3 is 2.72 bits per heavy atom. The second-order valence-electron chi connectivity index (χ2n) is 7.06. The molecule has 172 valence electrons. The molecule has 1 heterocycles. The highest BCUT2D eigenvalue weighted by Gasteiger charge is 2.13. The quantitative estimate of drug-likeness (QED) is 0.412. The Labute approximate surface area is 196 Å². The fourth-order valence-electron chi connectivity index (χ4n) is 3.08. The molecule has 0 bridgehead atoms. The highest BCUT2D eigenvalue weighted by atomic mass is 32.2. The summed E-state index contributed by atoms with van der Waals surface area (Å²) in [5, 5.41) is 5.26. The van der Waals surface area contributed by atoms with Crippen molar-refractivity contribution in [3.05, 3.63) is 58.9 Å². The van der Waals surface area contributed by atoms with Crippen LogP contribution in [0.15, 0.2) is 58.4 Å². The molecule has 1 amide bonds. The zero-order valence-electron chi connectivity index (χ0n) is 17.9. The summed E-state index contributed by atoms with van der Waals surface area (Å²) in [7, 11) is -3.81. The number of thiazole rings is 1. The highest BCUT2D eigenvalue weighted by Crippen LogP contribution is 2.21. The maximum atomic E-state index is 12.5. The van der Waals surface area contributed by atoms with E-state index in [2.05, 4.69) is 17.1 Å². The number of primary sulfonamides is 1. The first-order valence-corrected chi connectivity index (χ1v) is 13.8. The number of benzene rings is 2. The normalized spacial score (nSPS) is 12.5. The van der Waals surface area contributed by atoms with Gasteiger partial charge >= 0.3 is 0 Å². The molecule has 0 atom stereocenters. The lowest BCUT2D eigenvalue weighted by Crippen LogP contribution is -2.19. The average molecular weight is 494 g/mol. The van der Waals surface area contributed by atoms with Crippen LogP contribution in [0, 0.1) is 0 Å². The number of fused-ring (bicyclic) bond motifs is 1. The molecule has 3 aromatic rings. The molecule has 0 unspecified atom stereocenters. The number of carbonyl (C=O) groups is 1. The zero-order valence-corrected chi connectivity index (χ0v) is 20.3. The minimum Gasteiger partial charge on any atom is -0.380 e. The molecule has 2 N–H and O–H groups in total. The van der Waals surface area contributed by atoms with Gasteiger partial charge in [-0.3, -0.25) is 4.79 Å². The monoisotopic (exact) mass is 493 g/mol. The van der Waals surface area contributed by atoms with E-state index in [1.54, 1.807) is 17.8 Å². The number of nitrogens with zero attached hydrogens (tertiary/aromatic N) is 2. The molecule has 0 saturated heterocycles. The van der Waals surface area contributed by atoms with Crippen molar-refractivity contribution in [3.8, 4) is 0 Å². The largest absolute Gasteiger partial charge is 0.380 e. The fourth-order valence-corrected chi connectivity index (χ4v) is 5.73. The van der Waals surface area contributed by atoms with Crippen LogP contribution in [-0.4, -0.2) is 37.9 Å². The van der Waals surface area contributed by atoms with Crippen molar-refractivity contribution in [3.63, 3.8) is 0 Å². The summed E-state index contributed by atoms with van der Waals surface area (Å²) >= 11 is 3.07. The van der Waals surface area contributed by atoms with E-state index in [1.807, 2.05) is 29.7 Å². The summed E-state index contributed by atoms with van der Waals surface area (Å²) in [5.41, 5.74) is 2.07. The molecule has 0 aliphatic heterocycles. The van der Waals surface area contributed by atoms with Gasteiger partial charge < -0.3 is 9.30 Å². The van der Waals surface area contributed by atoms with E-state index in [0.29, 0.717) is 35.7 Å². The Hall–Kier alpha value is -1.98. The minimum absolute atomic E-state index is 0.0384. The van der Waals surface area contributed by atoms with Gasteiger partial charge in [0.15, 0.2) is 4.80 Å². The SMILES string of the molecule is CCOCCn1c(=NC(=O)CCCSCc2ccccc2)sc2cc(S(N)(=O)=O)ccc21. The fraction of sp³-hybridized carbons (Fsp3) is 0.364. The number of amides is 1. The van der Waals surface area contributed by atoms with Gasteiger partial charge in [-0.25, -0.2) is 13.6 Å². The molecular formula is C22H27N3O4S3. The van der Waals surface area contributed by atoms with E-state index in [9.17, 15) is 13.2 Å². The van der Waals surface area contributed by atoms with Crippen LogP contribution in [-0.2, 0) is 31.9 Å². The summed E-state index contributed by atoms with van der Waals surface area (Å²) in [5.74, 6) is 1.62. The smallest absolute Gasteiger partial charge is 0.248 e. The van der Waals surface area contributed by atoms with Crippen LogP contribution in [0.25, 0.3) is 10.2 Å². The Morgan fingerprint density at radius 2 is 2.00 bits per heavy atom. The third-order valence-electron chi connectivity index (χ3n) is 4.66. The standard InChI is InChI=1S/C22H27N3O4S3/c1-2-29-13-12-25-19-11-10-18(32(23,27)28)15-20(19)31-22(25)24-21(26)9-6-14-30-16-17-7-4-3-5-8-17/h3-5,7-8,10-11,15H,2,6,9,12-14,16H2,1H3,(H2,23,27,28). The van der Waals surface area contributed by atoms with Crippen LogP contribution in [0.5, 0.6) is 0 Å². The first kappa shape index (κ1) is 24.7. The van der Waals surface area contributed by atoms with Crippen LogP contribution < -0.4 is 9.94 Å². The Balaban J connectivity index is 1.71. The number of sulfonamides is 1. The van der Waals surface area contributed by atoms with E-state index in [0.717, 1.165) is 23.4 Å². The van der Waals surface area contributed by atoms with Crippen LogP contribution in [0.2, 0.25) is 0 Å². The number of nitrogens with two attached hydrogens (primary N) is 1. The molecule has 0 fully saturated rings.